The molecule has 1 aromatic rings. The molecule has 4 heteroatoms. The van der Waals surface area contributed by atoms with Crippen molar-refractivity contribution in [3.8, 4) is 0 Å². The summed E-state index contributed by atoms with van der Waals surface area (Å²) in [6.45, 7) is 4.27. The zero-order valence-electron chi connectivity index (χ0n) is 10.7. The second kappa shape index (κ2) is 4.17. The predicted octanol–water partition coefficient (Wildman–Crippen LogP) is 1.93. The molecule has 0 saturated heterocycles. The molecule has 0 radical (unpaired) electrons. The van der Waals surface area contributed by atoms with Gasteiger partial charge in [-0.1, -0.05) is 12.8 Å². The monoisotopic (exact) mass is 222 g/mol. The Labute approximate surface area is 97.5 Å². The van der Waals surface area contributed by atoms with Crippen LogP contribution in [0.3, 0.4) is 0 Å². The second-order valence-electron chi connectivity index (χ2n) is 5.27. The molecule has 2 rings (SSSR count). The fourth-order valence-corrected chi connectivity index (χ4v) is 2.42. The average Bonchev–Trinajstić information content (AvgIpc) is 2.85. The van der Waals surface area contributed by atoms with E-state index in [1.54, 1.807) is 0 Å². The van der Waals surface area contributed by atoms with Gasteiger partial charge in [-0.15, -0.1) is 0 Å². The van der Waals surface area contributed by atoms with Crippen molar-refractivity contribution in [3.63, 3.8) is 0 Å². The first-order valence-electron chi connectivity index (χ1n) is 6.15. The summed E-state index contributed by atoms with van der Waals surface area (Å²) >= 11 is 0. The normalized spacial score (nSPS) is 18.2. The van der Waals surface area contributed by atoms with Crippen LogP contribution in [0.15, 0.2) is 0 Å². The highest BCUT2D eigenvalue weighted by Crippen LogP contribution is 2.33. The fourth-order valence-electron chi connectivity index (χ4n) is 2.42. The summed E-state index contributed by atoms with van der Waals surface area (Å²) in [6.07, 6.45) is 5.16. The minimum absolute atomic E-state index is 0.112. The smallest absolute Gasteiger partial charge is 0.154 e. The number of hydrogen-bond acceptors (Lipinski definition) is 3. The molecule has 1 fully saturated rings. The van der Waals surface area contributed by atoms with Gasteiger partial charge in [0.25, 0.3) is 0 Å². The van der Waals surface area contributed by atoms with Crippen LogP contribution in [-0.2, 0) is 12.6 Å². The van der Waals surface area contributed by atoms with E-state index in [2.05, 4.69) is 24.3 Å². The summed E-state index contributed by atoms with van der Waals surface area (Å²) in [5.41, 5.74) is -0.112. The highest BCUT2D eigenvalue weighted by Gasteiger charge is 2.28. The first-order valence-corrected chi connectivity index (χ1v) is 6.15. The lowest BCUT2D eigenvalue weighted by atomic mass is 10.0. The minimum atomic E-state index is -0.112. The largest absolute Gasteiger partial charge is 0.308 e. The third-order valence-corrected chi connectivity index (χ3v) is 3.68. The molecule has 0 aliphatic heterocycles. The highest BCUT2D eigenvalue weighted by molar-refractivity contribution is 5.08. The molecular formula is C12H22N4. The van der Waals surface area contributed by atoms with Crippen molar-refractivity contribution in [1.29, 1.82) is 0 Å². The van der Waals surface area contributed by atoms with Crippen LogP contribution in [0.25, 0.3) is 0 Å². The molecule has 0 spiro atoms. The molecule has 1 heterocycles. The number of nitrogens with one attached hydrogen (secondary N) is 1. The van der Waals surface area contributed by atoms with Crippen LogP contribution >= 0.6 is 0 Å². The number of rotatable bonds is 3. The van der Waals surface area contributed by atoms with E-state index in [1.165, 1.54) is 25.7 Å². The van der Waals surface area contributed by atoms with Gasteiger partial charge < -0.3 is 5.32 Å². The first-order chi connectivity index (χ1) is 7.54. The molecule has 0 unspecified atom stereocenters. The van der Waals surface area contributed by atoms with Gasteiger partial charge in [0, 0.05) is 13.0 Å². The Hall–Kier alpha value is -0.900. The van der Waals surface area contributed by atoms with Gasteiger partial charge in [0.05, 0.1) is 5.54 Å². The summed E-state index contributed by atoms with van der Waals surface area (Å²) in [5.74, 6) is 2.66. The maximum atomic E-state index is 4.72. The lowest BCUT2D eigenvalue weighted by Gasteiger charge is -2.22. The van der Waals surface area contributed by atoms with E-state index < -0.39 is 0 Å². The molecule has 0 aromatic carbocycles. The van der Waals surface area contributed by atoms with Gasteiger partial charge in [-0.2, -0.15) is 5.10 Å². The van der Waals surface area contributed by atoms with Crippen LogP contribution < -0.4 is 5.32 Å². The Bertz CT molecular complexity index is 361. The average molecular weight is 222 g/mol. The van der Waals surface area contributed by atoms with Crippen LogP contribution in [-0.4, -0.2) is 21.8 Å². The summed E-state index contributed by atoms with van der Waals surface area (Å²) in [7, 11) is 3.95. The van der Waals surface area contributed by atoms with Gasteiger partial charge in [-0.25, -0.2) is 4.98 Å². The van der Waals surface area contributed by atoms with E-state index in [0.29, 0.717) is 5.92 Å². The highest BCUT2D eigenvalue weighted by atomic mass is 15.4. The van der Waals surface area contributed by atoms with Crippen molar-refractivity contribution in [2.75, 3.05) is 7.05 Å². The second-order valence-corrected chi connectivity index (χ2v) is 5.27. The standard InChI is InChI=1S/C12H22N4/c1-12(2,13-3)11-14-10(15-16(11)4)9-7-5-6-8-9/h9,13H,5-8H2,1-4H3. The molecule has 4 nitrogen and oxygen atoms in total. The number of aryl methyl sites for hydroxylation is 1. The van der Waals surface area contributed by atoms with Crippen molar-refractivity contribution in [2.24, 2.45) is 7.05 Å². The van der Waals surface area contributed by atoms with E-state index >= 15 is 0 Å². The topological polar surface area (TPSA) is 42.7 Å². The Kier molecular flexibility index (Phi) is 3.02. The third kappa shape index (κ3) is 1.98. The minimum Gasteiger partial charge on any atom is -0.308 e. The molecule has 1 aromatic heterocycles. The Morgan fingerprint density at radius 3 is 2.50 bits per heavy atom. The molecule has 1 aliphatic rings. The van der Waals surface area contributed by atoms with Crippen LogP contribution in [0.4, 0.5) is 0 Å². The van der Waals surface area contributed by atoms with Crippen molar-refractivity contribution >= 4 is 0 Å². The van der Waals surface area contributed by atoms with Crippen molar-refractivity contribution < 1.29 is 0 Å². The molecule has 90 valence electrons. The molecule has 1 aliphatic carbocycles. The van der Waals surface area contributed by atoms with Crippen LogP contribution in [0.1, 0.15) is 57.1 Å². The zero-order valence-corrected chi connectivity index (χ0v) is 10.7. The van der Waals surface area contributed by atoms with Crippen LogP contribution in [0.5, 0.6) is 0 Å². The van der Waals surface area contributed by atoms with E-state index in [9.17, 15) is 0 Å². The fraction of sp³-hybridized carbons (Fsp3) is 0.833. The van der Waals surface area contributed by atoms with E-state index in [1.807, 2.05) is 18.8 Å². The lowest BCUT2D eigenvalue weighted by Crippen LogP contribution is -2.36. The van der Waals surface area contributed by atoms with Gasteiger partial charge in [-0.3, -0.25) is 4.68 Å². The predicted molar refractivity (Wildman–Crippen MR) is 64.3 cm³/mol. The van der Waals surface area contributed by atoms with Crippen molar-refractivity contribution in [2.45, 2.75) is 51.0 Å². The van der Waals surface area contributed by atoms with Gasteiger partial charge in [0.2, 0.25) is 0 Å². The van der Waals surface area contributed by atoms with Gasteiger partial charge in [0.1, 0.15) is 5.82 Å². The third-order valence-electron chi connectivity index (χ3n) is 3.68. The Morgan fingerprint density at radius 1 is 1.31 bits per heavy atom. The Balaban J connectivity index is 2.27. The van der Waals surface area contributed by atoms with Gasteiger partial charge in [0.15, 0.2) is 5.82 Å². The molecule has 1 saturated carbocycles. The summed E-state index contributed by atoms with van der Waals surface area (Å²) in [5, 5.41) is 7.85. The lowest BCUT2D eigenvalue weighted by molar-refractivity contribution is 0.397. The maximum absolute atomic E-state index is 4.72. The molecule has 0 atom stereocenters. The van der Waals surface area contributed by atoms with Crippen LogP contribution in [0.2, 0.25) is 0 Å². The molecule has 16 heavy (non-hydrogen) atoms. The number of aromatic nitrogens is 3. The van der Waals surface area contributed by atoms with Crippen LogP contribution in [0, 0.1) is 0 Å². The molecule has 0 amide bonds. The van der Waals surface area contributed by atoms with E-state index in [4.69, 9.17) is 4.98 Å². The van der Waals surface area contributed by atoms with Gasteiger partial charge >= 0.3 is 0 Å². The summed E-state index contributed by atoms with van der Waals surface area (Å²) < 4.78 is 1.92. The molecule has 0 bridgehead atoms. The first kappa shape index (κ1) is 11.6. The van der Waals surface area contributed by atoms with Crippen molar-refractivity contribution in [3.05, 3.63) is 11.6 Å². The Morgan fingerprint density at radius 2 is 1.94 bits per heavy atom. The maximum Gasteiger partial charge on any atom is 0.154 e. The summed E-state index contributed by atoms with van der Waals surface area (Å²) in [4.78, 5) is 4.72. The van der Waals surface area contributed by atoms with E-state index in [-0.39, 0.29) is 5.54 Å². The number of nitrogens with zero attached hydrogens (tertiary/aromatic N) is 3. The van der Waals surface area contributed by atoms with E-state index in [0.717, 1.165) is 11.6 Å². The number of hydrogen-bond donors (Lipinski definition) is 1. The molecular weight excluding hydrogens is 200 g/mol. The molecule has 1 N–H and O–H groups in total. The quantitative estimate of drug-likeness (QED) is 0.849. The summed E-state index contributed by atoms with van der Waals surface area (Å²) in [6, 6.07) is 0. The van der Waals surface area contributed by atoms with Gasteiger partial charge in [-0.05, 0) is 33.7 Å². The van der Waals surface area contributed by atoms with Crippen molar-refractivity contribution in [1.82, 2.24) is 20.1 Å². The zero-order chi connectivity index (χ0) is 11.8. The SMILES string of the molecule is CNC(C)(C)c1nc(C2CCCC2)nn1C.